The number of esters is 2. The maximum Gasteiger partial charge on any atom is 0.312 e. The van der Waals surface area contributed by atoms with Crippen molar-refractivity contribution >= 4 is 11.9 Å². The first-order valence-electron chi connectivity index (χ1n) is 8.62. The van der Waals surface area contributed by atoms with Crippen LogP contribution < -0.4 is 0 Å². The van der Waals surface area contributed by atoms with Gasteiger partial charge in [0, 0.05) is 12.3 Å². The molecule has 1 aromatic rings. The van der Waals surface area contributed by atoms with E-state index in [2.05, 4.69) is 6.92 Å². The Hall–Kier alpha value is -1.88. The van der Waals surface area contributed by atoms with Crippen molar-refractivity contribution in [2.24, 2.45) is 23.7 Å². The average molecular weight is 330 g/mol. The lowest BCUT2D eigenvalue weighted by Crippen LogP contribution is -2.42. The molecule has 0 bridgehead atoms. The smallest absolute Gasteiger partial charge is 0.312 e. The number of benzene rings is 1. The lowest BCUT2D eigenvalue weighted by molar-refractivity contribution is -0.148. The van der Waals surface area contributed by atoms with Gasteiger partial charge in [0.2, 0.25) is 0 Å². The highest BCUT2D eigenvalue weighted by Gasteiger charge is 2.66. The quantitative estimate of drug-likeness (QED) is 0.626. The molecule has 128 valence electrons. The summed E-state index contributed by atoms with van der Waals surface area (Å²) in [6.45, 7) is 4.30. The highest BCUT2D eigenvalue weighted by Crippen LogP contribution is 2.55. The van der Waals surface area contributed by atoms with Crippen molar-refractivity contribution < 1.29 is 23.8 Å². The first-order chi connectivity index (χ1) is 11.6. The Kier molecular flexibility index (Phi) is 3.83. The van der Waals surface area contributed by atoms with Gasteiger partial charge in [-0.15, -0.1) is 0 Å². The van der Waals surface area contributed by atoms with Gasteiger partial charge >= 0.3 is 11.9 Å². The Labute approximate surface area is 141 Å². The van der Waals surface area contributed by atoms with Crippen molar-refractivity contribution in [2.75, 3.05) is 0 Å². The highest BCUT2D eigenvalue weighted by molar-refractivity contribution is 5.77. The minimum atomic E-state index is -0.222. The summed E-state index contributed by atoms with van der Waals surface area (Å²) in [6.07, 6.45) is 0.208. The fraction of sp³-hybridized carbons (Fsp3) is 0.579. The molecule has 7 atom stereocenters. The molecule has 1 aliphatic carbocycles. The maximum absolute atomic E-state index is 12.3. The largest absolute Gasteiger partial charge is 0.462 e. The van der Waals surface area contributed by atoms with E-state index >= 15 is 0 Å². The molecule has 2 saturated heterocycles. The van der Waals surface area contributed by atoms with Crippen LogP contribution in [0, 0.1) is 23.7 Å². The second kappa shape index (κ2) is 5.88. The van der Waals surface area contributed by atoms with Crippen LogP contribution in [-0.2, 0) is 30.4 Å². The number of carbonyl (C=O) groups excluding carboxylic acids is 2. The molecule has 0 amide bonds. The van der Waals surface area contributed by atoms with Crippen LogP contribution in [0.15, 0.2) is 30.3 Å². The van der Waals surface area contributed by atoms with Gasteiger partial charge in [-0.1, -0.05) is 37.3 Å². The van der Waals surface area contributed by atoms with Gasteiger partial charge in [-0.2, -0.15) is 0 Å². The Bertz CT molecular complexity index is 642. The standard InChI is InChI=1S/C19H22O5/c1-10-13(8-14(20)22-9-12-6-4-3-5-7-12)15-11(2)23-19(21)16(15)18-17(10)24-18/h3-7,10-11,13,15-18H,8-9H2,1-2H3. The van der Waals surface area contributed by atoms with Crippen molar-refractivity contribution in [1.29, 1.82) is 0 Å². The summed E-state index contributed by atoms with van der Waals surface area (Å²) in [7, 11) is 0. The average Bonchev–Trinajstić information content (AvgIpc) is 3.31. The van der Waals surface area contributed by atoms with Gasteiger partial charge in [-0.05, 0) is 24.3 Å². The second-order valence-electron chi connectivity index (χ2n) is 7.18. The van der Waals surface area contributed by atoms with E-state index in [0.717, 1.165) is 5.56 Å². The summed E-state index contributed by atoms with van der Waals surface area (Å²) >= 11 is 0. The molecule has 1 aromatic carbocycles. The summed E-state index contributed by atoms with van der Waals surface area (Å²) < 4.78 is 16.6. The van der Waals surface area contributed by atoms with Crippen LogP contribution in [0.25, 0.3) is 0 Å². The van der Waals surface area contributed by atoms with E-state index in [9.17, 15) is 9.59 Å². The van der Waals surface area contributed by atoms with E-state index in [1.165, 1.54) is 0 Å². The summed E-state index contributed by atoms with van der Waals surface area (Å²) in [6, 6.07) is 9.64. The number of hydrogen-bond donors (Lipinski definition) is 0. The molecule has 0 N–H and O–H groups in total. The summed E-state index contributed by atoms with van der Waals surface area (Å²) in [4.78, 5) is 24.4. The van der Waals surface area contributed by atoms with Crippen LogP contribution in [0.4, 0.5) is 0 Å². The van der Waals surface area contributed by atoms with Crippen molar-refractivity contribution in [3.05, 3.63) is 35.9 Å². The first-order valence-corrected chi connectivity index (χ1v) is 8.62. The van der Waals surface area contributed by atoms with Crippen molar-refractivity contribution in [3.8, 4) is 0 Å². The van der Waals surface area contributed by atoms with Gasteiger partial charge in [0.05, 0.1) is 18.1 Å². The van der Waals surface area contributed by atoms with Crippen LogP contribution in [0.1, 0.15) is 25.8 Å². The second-order valence-corrected chi connectivity index (χ2v) is 7.18. The Morgan fingerprint density at radius 2 is 1.92 bits per heavy atom. The van der Waals surface area contributed by atoms with E-state index in [-0.39, 0.29) is 60.5 Å². The molecule has 7 unspecified atom stereocenters. The zero-order chi connectivity index (χ0) is 16.8. The third-order valence-electron chi connectivity index (χ3n) is 5.78. The Balaban J connectivity index is 1.42. The molecule has 1 saturated carbocycles. The number of rotatable bonds is 4. The lowest BCUT2D eigenvalue weighted by atomic mass is 9.65. The van der Waals surface area contributed by atoms with Crippen LogP contribution in [0.3, 0.4) is 0 Å². The number of fused-ring (bicyclic) bond motifs is 3. The van der Waals surface area contributed by atoms with Crippen molar-refractivity contribution in [3.63, 3.8) is 0 Å². The molecule has 0 spiro atoms. The maximum atomic E-state index is 12.3. The first kappa shape index (κ1) is 15.6. The molecular formula is C19H22O5. The van der Waals surface area contributed by atoms with E-state index in [0.29, 0.717) is 6.42 Å². The van der Waals surface area contributed by atoms with Gasteiger partial charge in [0.15, 0.2) is 0 Å². The molecule has 5 nitrogen and oxygen atoms in total. The number of carbonyl (C=O) groups is 2. The molecule has 0 radical (unpaired) electrons. The van der Waals surface area contributed by atoms with Crippen LogP contribution >= 0.6 is 0 Å². The molecule has 4 rings (SSSR count). The van der Waals surface area contributed by atoms with E-state index in [4.69, 9.17) is 14.2 Å². The lowest BCUT2D eigenvalue weighted by Gasteiger charge is -2.34. The van der Waals surface area contributed by atoms with Crippen LogP contribution in [0.5, 0.6) is 0 Å². The molecule has 24 heavy (non-hydrogen) atoms. The Morgan fingerprint density at radius 1 is 1.17 bits per heavy atom. The van der Waals surface area contributed by atoms with Crippen LogP contribution in [-0.4, -0.2) is 30.3 Å². The van der Waals surface area contributed by atoms with E-state index < -0.39 is 0 Å². The minimum absolute atomic E-state index is 0.0148. The molecular weight excluding hydrogens is 308 g/mol. The van der Waals surface area contributed by atoms with Crippen molar-refractivity contribution in [1.82, 2.24) is 0 Å². The fourth-order valence-electron chi connectivity index (χ4n) is 4.51. The minimum Gasteiger partial charge on any atom is -0.462 e. The molecule has 3 fully saturated rings. The molecule has 5 heteroatoms. The predicted octanol–water partition coefficient (Wildman–Crippen LogP) is 2.33. The van der Waals surface area contributed by atoms with Crippen LogP contribution in [0.2, 0.25) is 0 Å². The topological polar surface area (TPSA) is 65.1 Å². The van der Waals surface area contributed by atoms with Gasteiger partial charge < -0.3 is 14.2 Å². The van der Waals surface area contributed by atoms with Gasteiger partial charge in [-0.25, -0.2) is 0 Å². The monoisotopic (exact) mass is 330 g/mol. The predicted molar refractivity (Wildman–Crippen MR) is 84.7 cm³/mol. The number of cyclic esters (lactones) is 1. The summed E-state index contributed by atoms with van der Waals surface area (Å²) in [5.41, 5.74) is 0.971. The van der Waals surface area contributed by atoms with Gasteiger partial charge in [-0.3, -0.25) is 9.59 Å². The molecule has 0 aromatic heterocycles. The van der Waals surface area contributed by atoms with E-state index in [1.54, 1.807) is 0 Å². The third kappa shape index (κ3) is 2.61. The highest BCUT2D eigenvalue weighted by atomic mass is 16.6. The Morgan fingerprint density at radius 3 is 2.67 bits per heavy atom. The fourth-order valence-corrected chi connectivity index (χ4v) is 4.51. The molecule has 2 aliphatic heterocycles. The number of ether oxygens (including phenoxy) is 3. The van der Waals surface area contributed by atoms with Crippen molar-refractivity contribution in [2.45, 2.75) is 45.2 Å². The summed E-state index contributed by atoms with van der Waals surface area (Å²) in [5, 5.41) is 0. The third-order valence-corrected chi connectivity index (χ3v) is 5.78. The summed E-state index contributed by atoms with van der Waals surface area (Å²) in [5.74, 6) is -0.274. The molecule has 2 heterocycles. The van der Waals surface area contributed by atoms with Gasteiger partial charge in [0.1, 0.15) is 12.7 Å². The normalized spacial score (nSPS) is 39.6. The zero-order valence-corrected chi connectivity index (χ0v) is 13.9. The zero-order valence-electron chi connectivity index (χ0n) is 13.9. The number of hydrogen-bond acceptors (Lipinski definition) is 5. The van der Waals surface area contributed by atoms with Gasteiger partial charge in [0.25, 0.3) is 0 Å². The van der Waals surface area contributed by atoms with E-state index in [1.807, 2.05) is 37.3 Å². The number of epoxide rings is 1. The molecule has 3 aliphatic rings. The SMILES string of the molecule is CC1OC(=O)C2C3OC3C(C)C(CC(=O)OCc3ccccc3)C12.